The summed E-state index contributed by atoms with van der Waals surface area (Å²) in [6.07, 6.45) is -1.34. The van der Waals surface area contributed by atoms with E-state index in [4.69, 9.17) is 14.2 Å². The van der Waals surface area contributed by atoms with Crippen LogP contribution in [0, 0.1) is 5.92 Å². The third-order valence-electron chi connectivity index (χ3n) is 6.99. The lowest BCUT2D eigenvalue weighted by Gasteiger charge is -2.24. The number of carbonyl (C=O) groups excluding carboxylic acids is 4. The number of fused-ring (bicyclic) bond motifs is 3. The zero-order chi connectivity index (χ0) is 29.4. The van der Waals surface area contributed by atoms with Crippen molar-refractivity contribution in [1.82, 2.24) is 10.6 Å². The number of ether oxygens (including phenoxy) is 3. The topological polar surface area (TPSA) is 120 Å². The molecule has 9 nitrogen and oxygen atoms in total. The van der Waals surface area contributed by atoms with E-state index in [0.29, 0.717) is 0 Å². The Morgan fingerprint density at radius 2 is 1.37 bits per heavy atom. The van der Waals surface area contributed by atoms with Crippen molar-refractivity contribution in [2.75, 3.05) is 13.7 Å². The van der Waals surface area contributed by atoms with Gasteiger partial charge < -0.3 is 24.8 Å². The number of benzene rings is 3. The molecule has 214 valence electrons. The van der Waals surface area contributed by atoms with E-state index in [2.05, 4.69) is 10.6 Å². The first-order chi connectivity index (χ1) is 19.8. The molecule has 1 aliphatic carbocycles. The largest absolute Gasteiger partial charge is 0.467 e. The molecule has 0 radical (unpaired) electrons. The fourth-order valence-electron chi connectivity index (χ4n) is 4.83. The summed E-state index contributed by atoms with van der Waals surface area (Å²) in [6, 6.07) is 22.6. The first-order valence-corrected chi connectivity index (χ1v) is 13.5. The fourth-order valence-corrected chi connectivity index (χ4v) is 4.83. The molecule has 0 saturated heterocycles. The molecule has 3 aromatic rings. The number of esters is 2. The van der Waals surface area contributed by atoms with Crippen LogP contribution in [0.3, 0.4) is 0 Å². The highest BCUT2D eigenvalue weighted by molar-refractivity contribution is 5.92. The number of hydrogen-bond acceptors (Lipinski definition) is 7. The van der Waals surface area contributed by atoms with Gasteiger partial charge in [0.15, 0.2) is 0 Å². The van der Waals surface area contributed by atoms with Crippen LogP contribution in [0.25, 0.3) is 11.1 Å². The second kappa shape index (κ2) is 13.6. The molecule has 0 saturated carbocycles. The highest BCUT2D eigenvalue weighted by Gasteiger charge is 2.33. The summed E-state index contributed by atoms with van der Waals surface area (Å²) < 4.78 is 15.7. The lowest BCUT2D eigenvalue weighted by Crippen LogP contribution is -2.54. The summed E-state index contributed by atoms with van der Waals surface area (Å²) in [4.78, 5) is 51.1. The van der Waals surface area contributed by atoms with Crippen LogP contribution in [-0.4, -0.2) is 49.7 Å². The molecule has 1 aliphatic rings. The second-order valence-electron chi connectivity index (χ2n) is 10.1. The van der Waals surface area contributed by atoms with Crippen LogP contribution in [0.1, 0.15) is 42.9 Å². The Hall–Kier alpha value is -4.66. The molecule has 9 heteroatoms. The van der Waals surface area contributed by atoms with Gasteiger partial charge in [-0.05, 0) is 33.7 Å². The molecule has 41 heavy (non-hydrogen) atoms. The van der Waals surface area contributed by atoms with E-state index >= 15 is 0 Å². The highest BCUT2D eigenvalue weighted by atomic mass is 16.6. The molecule has 2 atom stereocenters. The first kappa shape index (κ1) is 29.3. The van der Waals surface area contributed by atoms with Gasteiger partial charge in [0.05, 0.1) is 13.5 Å². The Kier molecular flexibility index (Phi) is 9.73. The molecule has 2 amide bonds. The van der Waals surface area contributed by atoms with Gasteiger partial charge in [-0.1, -0.05) is 92.7 Å². The van der Waals surface area contributed by atoms with Crippen LogP contribution in [0.4, 0.5) is 4.79 Å². The van der Waals surface area contributed by atoms with E-state index in [1.54, 1.807) is 26.0 Å². The molecule has 0 aromatic heterocycles. The average molecular weight is 559 g/mol. The third-order valence-corrected chi connectivity index (χ3v) is 6.99. The summed E-state index contributed by atoms with van der Waals surface area (Å²) in [7, 11) is 1.22. The van der Waals surface area contributed by atoms with Crippen LogP contribution < -0.4 is 10.6 Å². The van der Waals surface area contributed by atoms with E-state index in [0.717, 1.165) is 27.8 Å². The number of nitrogens with one attached hydrogen (secondary N) is 2. The lowest BCUT2D eigenvalue weighted by molar-refractivity contribution is -0.148. The molecule has 2 N–H and O–H groups in total. The van der Waals surface area contributed by atoms with E-state index in [9.17, 15) is 19.2 Å². The molecular weight excluding hydrogens is 524 g/mol. The Morgan fingerprint density at radius 1 is 0.780 bits per heavy atom. The van der Waals surface area contributed by atoms with Crippen molar-refractivity contribution in [3.63, 3.8) is 0 Å². The molecule has 0 fully saturated rings. The lowest BCUT2D eigenvalue weighted by atomic mass is 9.98. The minimum atomic E-state index is -1.35. The maximum absolute atomic E-state index is 13.2. The molecule has 0 unspecified atom stereocenters. The maximum atomic E-state index is 13.2. The SMILES string of the molecule is COC(=O)[C@@H](NC(=O)[C@H](CC(=O)OCc1ccccc1)NC(=O)OCC1c2ccccc2-c2ccccc21)C(C)C. The smallest absolute Gasteiger partial charge is 0.407 e. The summed E-state index contributed by atoms with van der Waals surface area (Å²) in [6.45, 7) is 3.52. The van der Waals surface area contributed by atoms with Crippen molar-refractivity contribution < 1.29 is 33.4 Å². The van der Waals surface area contributed by atoms with Gasteiger partial charge in [0, 0.05) is 5.92 Å². The van der Waals surface area contributed by atoms with E-state index in [-0.39, 0.29) is 25.0 Å². The molecule has 0 heterocycles. The Bertz CT molecular complexity index is 1340. The van der Waals surface area contributed by atoms with Crippen LogP contribution in [0.5, 0.6) is 0 Å². The minimum Gasteiger partial charge on any atom is -0.467 e. The predicted molar refractivity (Wildman–Crippen MR) is 152 cm³/mol. The van der Waals surface area contributed by atoms with Crippen molar-refractivity contribution in [3.8, 4) is 11.1 Å². The molecule has 3 aromatic carbocycles. The summed E-state index contributed by atoms with van der Waals surface area (Å²) in [5.41, 5.74) is 5.02. The summed E-state index contributed by atoms with van der Waals surface area (Å²) >= 11 is 0. The Labute approximate surface area is 239 Å². The number of hydrogen-bond donors (Lipinski definition) is 2. The van der Waals surface area contributed by atoms with Crippen LogP contribution in [0.15, 0.2) is 78.9 Å². The van der Waals surface area contributed by atoms with Crippen LogP contribution in [0.2, 0.25) is 0 Å². The molecule has 0 aliphatic heterocycles. The Balaban J connectivity index is 1.44. The quantitative estimate of drug-likeness (QED) is 0.265. The summed E-state index contributed by atoms with van der Waals surface area (Å²) in [5.74, 6) is -2.56. The normalized spacial score (nSPS) is 13.4. The van der Waals surface area contributed by atoms with Crippen molar-refractivity contribution in [1.29, 1.82) is 0 Å². The zero-order valence-corrected chi connectivity index (χ0v) is 23.3. The van der Waals surface area contributed by atoms with Gasteiger partial charge in [0.25, 0.3) is 0 Å². The van der Waals surface area contributed by atoms with E-state index < -0.39 is 42.4 Å². The van der Waals surface area contributed by atoms with Crippen molar-refractivity contribution in [3.05, 3.63) is 95.6 Å². The number of alkyl carbamates (subject to hydrolysis) is 1. The number of rotatable bonds is 11. The first-order valence-electron chi connectivity index (χ1n) is 13.5. The third kappa shape index (κ3) is 7.30. The van der Waals surface area contributed by atoms with Gasteiger partial charge in [-0.15, -0.1) is 0 Å². The van der Waals surface area contributed by atoms with Crippen molar-refractivity contribution in [2.45, 2.75) is 44.9 Å². The van der Waals surface area contributed by atoms with Gasteiger partial charge in [-0.2, -0.15) is 0 Å². The highest BCUT2D eigenvalue weighted by Crippen LogP contribution is 2.44. The number of carbonyl (C=O) groups is 4. The predicted octanol–water partition coefficient (Wildman–Crippen LogP) is 4.34. The van der Waals surface area contributed by atoms with Crippen LogP contribution >= 0.6 is 0 Å². The molecular formula is C32H34N2O7. The minimum absolute atomic E-state index is 0.00966. The maximum Gasteiger partial charge on any atom is 0.407 e. The molecule has 4 rings (SSSR count). The fraction of sp³-hybridized carbons (Fsp3) is 0.312. The van der Waals surface area contributed by atoms with Gasteiger partial charge in [0.2, 0.25) is 5.91 Å². The zero-order valence-electron chi connectivity index (χ0n) is 23.3. The standard InChI is InChI=1S/C32H34N2O7/c1-20(2)29(31(37)39-3)34-30(36)27(17-28(35)40-18-21-11-5-4-6-12-21)33-32(38)41-19-26-24-15-9-7-13-22(24)23-14-8-10-16-25(23)26/h4-16,20,26-27,29H,17-19H2,1-3H3,(H,33,38)(H,34,36)/t27-,29-/m0/s1. The van der Waals surface area contributed by atoms with Crippen molar-refractivity contribution in [2.24, 2.45) is 5.92 Å². The Morgan fingerprint density at radius 3 is 1.95 bits per heavy atom. The van der Waals surface area contributed by atoms with E-state index in [1.807, 2.05) is 66.7 Å². The molecule has 0 bridgehead atoms. The molecule has 0 spiro atoms. The van der Waals surface area contributed by atoms with Gasteiger partial charge >= 0.3 is 18.0 Å². The van der Waals surface area contributed by atoms with Gasteiger partial charge in [-0.25, -0.2) is 9.59 Å². The second-order valence-corrected chi connectivity index (χ2v) is 10.1. The summed E-state index contributed by atoms with van der Waals surface area (Å²) in [5, 5.41) is 5.08. The van der Waals surface area contributed by atoms with Gasteiger partial charge in [-0.3, -0.25) is 9.59 Å². The number of amides is 2. The average Bonchev–Trinajstić information content (AvgIpc) is 3.30. The van der Waals surface area contributed by atoms with Crippen LogP contribution in [-0.2, 0) is 35.2 Å². The number of methoxy groups -OCH3 is 1. The van der Waals surface area contributed by atoms with E-state index in [1.165, 1.54) is 7.11 Å². The van der Waals surface area contributed by atoms with Crippen molar-refractivity contribution >= 4 is 23.9 Å². The van der Waals surface area contributed by atoms with Gasteiger partial charge in [0.1, 0.15) is 25.3 Å². The monoisotopic (exact) mass is 558 g/mol.